The predicted octanol–water partition coefficient (Wildman–Crippen LogP) is 9.14. The second-order valence-electron chi connectivity index (χ2n) is 23.2. The summed E-state index contributed by atoms with van der Waals surface area (Å²) in [6, 6.07) is 3.11. The van der Waals surface area contributed by atoms with E-state index >= 15 is 70.2 Å². The SMILES string of the molecule is CN1CC2c3nc(c(-c4c(F)c(F)c(S[C@H]5O[C@H](CO)[C@@H](O)[C@H](O)[C@H]5O)c(F)c4F)c4ccc([nH]4)c(-c4c(F)c(F)c(SCCO)c(F)c4F)c4nc(c(-c5c(F)c(F)c(S[C@H]6O[C@H](CO)[C@@H](O)[C@H](O)[C@H]6O)c(F)c5F)c5ccc([nH]5)c3-c3c(F)c(F)c(SCCO)c(F)c3F)C=C4)C2C1. The maximum atomic E-state index is 17.7. The fourth-order valence-corrected chi connectivity index (χ4v) is 16.3. The number of hydrogen-bond donors (Lipinski definition) is 12. The zero-order valence-corrected chi connectivity index (χ0v) is 53.6. The monoisotopic (exact) mass is 1500 g/mol. The van der Waals surface area contributed by atoms with E-state index < -0.39 is 311 Å². The lowest BCUT2D eigenvalue weighted by Crippen LogP contribution is -2.57. The topological polar surface area (TPSA) is 281 Å². The van der Waals surface area contributed by atoms with Gasteiger partial charge >= 0.3 is 0 Å². The summed E-state index contributed by atoms with van der Waals surface area (Å²) in [5.74, 6) is -40.2. The minimum Gasteiger partial charge on any atom is -0.396 e. The molecule has 534 valence electrons. The number of likely N-dealkylation sites (N-methyl/N-ethyl adjacent to an activating group) is 1. The Bertz CT molecular complexity index is 4580. The molecule has 3 saturated heterocycles. The molecule has 12 atom stereocenters. The van der Waals surface area contributed by atoms with Crippen molar-refractivity contribution in [1.82, 2.24) is 24.8 Å². The van der Waals surface area contributed by atoms with Gasteiger partial charge in [-0.3, -0.25) is 4.98 Å². The normalized spacial score (nSPS) is 23.9. The Balaban J connectivity index is 1.25. The summed E-state index contributed by atoms with van der Waals surface area (Å²) in [5, 5.41) is 102. The van der Waals surface area contributed by atoms with Gasteiger partial charge in [-0.25, -0.2) is 75.2 Å². The summed E-state index contributed by atoms with van der Waals surface area (Å²) in [7, 11) is 1.39. The standard InChI is InChI=1S/C63H49F16N5O12S4/c1-84-12-16-17(13-84)51-29(33-40(70)48(78)61(49(79)41(33)71)100-63-57(94)55(92)53(90)25(15-88)96-63)23-7-4-20(81-23)26(30-34(64)42(72)58(97-10-8-85)43(73)35(30)65)18-2-3-19(80-18)27(31-36(66)46(76)60(47(77)37(31)67)99-62-56(93)54(91)52(89)24(14-87)95-62)21-5-6-22(82-21)28(50(16)83-51)32-38(68)44(74)59(98-11-9-86)45(75)39(32)69/h2-7,16-17,24-25,52-57,62-63,81-82,85-94H,8-15H2,1H3/t16?,17?,24-,25-,52-,53-,54+,55+,56-,57-,62-,63-/m1/s1. The molecular formula is C63H49F16N5O12S4. The highest BCUT2D eigenvalue weighted by atomic mass is 32.2. The summed E-state index contributed by atoms with van der Waals surface area (Å²) < 4.78 is 284. The quantitative estimate of drug-likeness (QED) is 0.0244. The summed E-state index contributed by atoms with van der Waals surface area (Å²) in [6.07, 6.45) is -15.1. The lowest BCUT2D eigenvalue weighted by atomic mass is 9.86. The Hall–Kier alpha value is -6.50. The molecule has 5 aliphatic heterocycles. The van der Waals surface area contributed by atoms with Gasteiger partial charge in [0.2, 0.25) is 0 Å². The molecule has 100 heavy (non-hydrogen) atoms. The average molecular weight is 1500 g/mol. The van der Waals surface area contributed by atoms with Crippen LogP contribution in [0, 0.1) is 93.1 Å². The van der Waals surface area contributed by atoms with Crippen LogP contribution in [-0.4, -0.2) is 194 Å². The third-order valence-corrected chi connectivity index (χ3v) is 21.8. The highest BCUT2D eigenvalue weighted by Crippen LogP contribution is 2.54. The zero-order valence-electron chi connectivity index (χ0n) is 50.4. The smallest absolute Gasteiger partial charge is 0.176 e. The van der Waals surface area contributed by atoms with Crippen molar-refractivity contribution in [3.8, 4) is 44.5 Å². The molecule has 0 aliphatic carbocycles. The number of nitrogens with zero attached hydrogens (tertiary/aromatic N) is 3. The molecule has 12 rings (SSSR count). The van der Waals surface area contributed by atoms with E-state index in [-0.39, 0.29) is 60.1 Å². The van der Waals surface area contributed by atoms with Crippen LogP contribution in [0.2, 0.25) is 0 Å². The van der Waals surface area contributed by atoms with Gasteiger partial charge in [-0.15, -0.1) is 23.5 Å². The minimum absolute atomic E-state index is 0.0888. The number of benzene rings is 4. The van der Waals surface area contributed by atoms with Gasteiger partial charge < -0.3 is 75.4 Å². The molecular weight excluding hydrogens is 1450 g/mol. The number of aliphatic hydroxyl groups excluding tert-OH is 10. The molecule has 0 spiro atoms. The third kappa shape index (κ3) is 12.1. The van der Waals surface area contributed by atoms with Gasteiger partial charge in [0.05, 0.1) is 91.0 Å². The molecule has 0 saturated carbocycles. The van der Waals surface area contributed by atoms with Crippen molar-refractivity contribution in [3.05, 3.63) is 140 Å². The lowest BCUT2D eigenvalue weighted by Gasteiger charge is -2.39. The number of nitrogens with one attached hydrogen (secondary N) is 2. The number of thioether (sulfide) groups is 4. The molecule has 8 heterocycles. The molecule has 12 N–H and O–H groups in total. The number of hydrogen-bond acceptors (Lipinski definition) is 19. The van der Waals surface area contributed by atoms with Gasteiger partial charge in [0.1, 0.15) is 59.7 Å². The maximum Gasteiger partial charge on any atom is 0.176 e. The van der Waals surface area contributed by atoms with E-state index in [4.69, 9.17) is 9.47 Å². The van der Waals surface area contributed by atoms with Crippen LogP contribution in [0.3, 0.4) is 0 Å². The molecule has 7 aromatic rings. The van der Waals surface area contributed by atoms with Crippen molar-refractivity contribution in [2.75, 3.05) is 58.1 Å². The number of halogens is 16. The fourth-order valence-electron chi connectivity index (χ4n) is 12.6. The second kappa shape index (κ2) is 28.6. The Morgan fingerprint density at radius 2 is 0.680 bits per heavy atom. The summed E-state index contributed by atoms with van der Waals surface area (Å²) >= 11 is -0.392. The van der Waals surface area contributed by atoms with Gasteiger partial charge in [0, 0.05) is 80.8 Å². The minimum atomic E-state index is -2.37. The number of aromatic nitrogens is 4. The molecule has 0 amide bonds. The van der Waals surface area contributed by atoms with E-state index in [1.54, 1.807) is 0 Å². The van der Waals surface area contributed by atoms with Gasteiger partial charge in [0.15, 0.2) is 93.1 Å². The molecule has 5 aliphatic rings. The van der Waals surface area contributed by atoms with Crippen LogP contribution in [0.25, 0.3) is 78.7 Å². The van der Waals surface area contributed by atoms with Crippen molar-refractivity contribution in [2.45, 2.75) is 91.1 Å². The van der Waals surface area contributed by atoms with Crippen LogP contribution in [0.4, 0.5) is 70.2 Å². The molecule has 37 heteroatoms. The Morgan fingerprint density at radius 1 is 0.390 bits per heavy atom. The average Bonchev–Trinajstić information content (AvgIpc) is 1.54. The van der Waals surface area contributed by atoms with E-state index in [1.165, 1.54) is 11.9 Å². The summed E-state index contributed by atoms with van der Waals surface area (Å²) in [6.45, 7) is -4.53. The van der Waals surface area contributed by atoms with Gasteiger partial charge in [0.25, 0.3) is 0 Å². The van der Waals surface area contributed by atoms with Crippen LogP contribution in [0.1, 0.15) is 34.6 Å². The molecule has 2 unspecified atom stereocenters. The van der Waals surface area contributed by atoms with Crippen molar-refractivity contribution in [2.24, 2.45) is 0 Å². The van der Waals surface area contributed by atoms with Crippen molar-refractivity contribution < 1.29 is 131 Å². The van der Waals surface area contributed by atoms with E-state index in [1.807, 2.05) is 0 Å². The highest BCUT2D eigenvalue weighted by Gasteiger charge is 2.49. The molecule has 4 aromatic carbocycles. The van der Waals surface area contributed by atoms with Gasteiger partial charge in [-0.2, -0.15) is 0 Å². The first-order chi connectivity index (χ1) is 47.5. The Kier molecular flexibility index (Phi) is 21.0. The summed E-state index contributed by atoms with van der Waals surface area (Å²) in [5.41, 5.74) is -22.4. The molecule has 3 fully saturated rings. The first-order valence-electron chi connectivity index (χ1n) is 29.6. The number of aliphatic hydroxyl groups is 10. The van der Waals surface area contributed by atoms with Crippen LogP contribution < -0.4 is 0 Å². The second-order valence-corrected chi connectivity index (χ2v) is 27.6. The summed E-state index contributed by atoms with van der Waals surface area (Å²) in [4.78, 5) is 9.50. The molecule has 3 aromatic heterocycles. The highest BCUT2D eigenvalue weighted by molar-refractivity contribution is 8.00. The van der Waals surface area contributed by atoms with Crippen molar-refractivity contribution in [3.63, 3.8) is 0 Å². The first-order valence-corrected chi connectivity index (χ1v) is 33.3. The van der Waals surface area contributed by atoms with E-state index in [0.29, 0.717) is 12.2 Å². The first kappa shape index (κ1) is 73.3. The largest absolute Gasteiger partial charge is 0.396 e. The van der Waals surface area contributed by atoms with Crippen molar-refractivity contribution in [1.29, 1.82) is 0 Å². The van der Waals surface area contributed by atoms with Crippen molar-refractivity contribution >= 4 is 81.3 Å². The lowest BCUT2D eigenvalue weighted by molar-refractivity contribution is -0.205. The Morgan fingerprint density at radius 3 is 0.980 bits per heavy atom. The Labute approximate surface area is 568 Å². The van der Waals surface area contributed by atoms with Gasteiger partial charge in [-0.05, 0) is 43.5 Å². The zero-order chi connectivity index (χ0) is 72.3. The molecule has 0 radical (unpaired) electrons. The number of H-pyrrole nitrogens is 2. The fraction of sp³-hybridized carbons (Fsp3) is 0.333. The van der Waals surface area contributed by atoms with E-state index in [0.717, 1.165) is 24.3 Å². The van der Waals surface area contributed by atoms with Gasteiger partial charge in [-0.1, -0.05) is 23.5 Å². The number of ether oxygens (including phenoxy) is 2. The molecule has 8 bridgehead atoms. The molecule has 17 nitrogen and oxygen atoms in total. The number of fused-ring (bicyclic) bond motifs is 11. The predicted molar refractivity (Wildman–Crippen MR) is 329 cm³/mol. The van der Waals surface area contributed by atoms with Crippen LogP contribution in [0.15, 0.2) is 43.8 Å². The van der Waals surface area contributed by atoms with E-state index in [9.17, 15) is 51.1 Å². The number of aromatic amines is 2. The number of likely N-dealkylation sites (tertiary alicyclic amines) is 1. The van der Waals surface area contributed by atoms with Crippen LogP contribution >= 0.6 is 47.0 Å². The third-order valence-electron chi connectivity index (χ3n) is 17.3. The maximum absolute atomic E-state index is 17.7. The van der Waals surface area contributed by atoms with Crippen LogP contribution in [0.5, 0.6) is 0 Å². The van der Waals surface area contributed by atoms with Crippen LogP contribution in [-0.2, 0) is 9.47 Å². The number of rotatable bonds is 16. The van der Waals surface area contributed by atoms with E-state index in [2.05, 4.69) is 19.9 Å².